The molecule has 2 aromatic rings. The Morgan fingerprint density at radius 3 is 2.75 bits per heavy atom. The first-order chi connectivity index (χ1) is 13.4. The molecule has 0 aliphatic heterocycles. The Morgan fingerprint density at radius 2 is 2.17 bits per heavy atom. The van der Waals surface area contributed by atoms with Crippen molar-refractivity contribution >= 4 is 45.9 Å². The van der Waals surface area contributed by atoms with Gasteiger partial charge in [-0.1, -0.05) is 0 Å². The molecule has 1 aromatic heterocycles. The number of halogens is 2. The first-order valence-corrected chi connectivity index (χ1v) is 8.30. The van der Waals surface area contributed by atoms with Crippen LogP contribution < -0.4 is 4.90 Å². The Morgan fingerprint density at radius 1 is 1.46 bits per heavy atom. The van der Waals surface area contributed by atoms with Crippen LogP contribution >= 0.6 is 23.2 Å². The van der Waals surface area contributed by atoms with E-state index in [1.165, 1.54) is 6.07 Å². The van der Waals surface area contributed by atoms with Crippen LogP contribution in [0.3, 0.4) is 0 Å². The smallest absolute Gasteiger partial charge is 0.303 e. The number of fused-ring (bicyclic) bond motifs is 1. The van der Waals surface area contributed by atoms with E-state index < -0.39 is 31.8 Å². The number of anilines is 1. The largest absolute Gasteiger partial charge is 0.481 e. The predicted molar refractivity (Wildman–Crippen MR) is 96.2 cm³/mol. The molecule has 0 radical (unpaired) electrons. The zero-order valence-electron chi connectivity index (χ0n) is 17.7. The molecular formula is C16H21Cl2N3O3. The first kappa shape index (κ1) is 12.8. The van der Waals surface area contributed by atoms with Crippen LogP contribution in [0.25, 0.3) is 11.0 Å². The highest BCUT2D eigenvalue weighted by Crippen LogP contribution is 2.26. The highest BCUT2D eigenvalue weighted by molar-refractivity contribution is 6.18. The highest BCUT2D eigenvalue weighted by Gasteiger charge is 2.18. The summed E-state index contributed by atoms with van der Waals surface area (Å²) < 4.78 is 39.2. The molecule has 0 amide bonds. The van der Waals surface area contributed by atoms with E-state index in [1.807, 2.05) is 4.90 Å². The van der Waals surface area contributed by atoms with Gasteiger partial charge in [0.15, 0.2) is 0 Å². The van der Waals surface area contributed by atoms with Crippen LogP contribution in [0.4, 0.5) is 5.69 Å². The molecule has 1 heterocycles. The lowest BCUT2D eigenvalue weighted by Gasteiger charge is -2.22. The van der Waals surface area contributed by atoms with Crippen molar-refractivity contribution in [3.05, 3.63) is 24.0 Å². The maximum atomic E-state index is 11.0. The lowest BCUT2D eigenvalue weighted by Crippen LogP contribution is -2.27. The standard InChI is InChI=1S/C16H21Cl2N3O3/c1-20-13-3-2-11(21(8-6-17)9-7-18)10-12(13)19-16(20)14(22)4-5-15(23)24/h2-3,10,14,22H,4-9H2,1H3,(H,23,24)/i1D3,5D2. The normalized spacial score (nSPS) is 16.7. The lowest BCUT2D eigenvalue weighted by atomic mass is 10.2. The third-order valence-electron chi connectivity index (χ3n) is 3.48. The van der Waals surface area contributed by atoms with Crippen LogP contribution in [-0.4, -0.2) is 50.6 Å². The molecule has 2 N–H and O–H groups in total. The Hall–Kier alpha value is -1.50. The summed E-state index contributed by atoms with van der Waals surface area (Å²) in [5, 5.41) is 19.4. The average molecular weight is 379 g/mol. The molecule has 0 spiro atoms. The maximum absolute atomic E-state index is 11.0. The first-order valence-electron chi connectivity index (χ1n) is 9.73. The molecular weight excluding hydrogens is 353 g/mol. The van der Waals surface area contributed by atoms with Gasteiger partial charge in [0.05, 0.1) is 11.0 Å². The number of carboxylic acid groups (broad SMARTS) is 1. The van der Waals surface area contributed by atoms with Crippen molar-refractivity contribution in [1.29, 1.82) is 0 Å². The second kappa shape index (κ2) is 8.55. The van der Waals surface area contributed by atoms with Gasteiger partial charge in [-0.25, -0.2) is 4.98 Å². The van der Waals surface area contributed by atoms with E-state index in [4.69, 9.17) is 35.2 Å². The molecule has 1 atom stereocenters. The summed E-state index contributed by atoms with van der Waals surface area (Å²) in [5.41, 5.74) is 1.17. The van der Waals surface area contributed by atoms with Crippen LogP contribution in [0.2, 0.25) is 0 Å². The Kier molecular flexibility index (Phi) is 4.56. The van der Waals surface area contributed by atoms with Gasteiger partial charge in [-0.05, 0) is 24.6 Å². The minimum absolute atomic E-state index is 0.204. The van der Waals surface area contributed by atoms with Gasteiger partial charge in [-0.3, -0.25) is 4.79 Å². The Labute approximate surface area is 157 Å². The number of hydrogen-bond donors (Lipinski definition) is 2. The number of aryl methyl sites for hydroxylation is 1. The summed E-state index contributed by atoms with van der Waals surface area (Å²) >= 11 is 11.6. The van der Waals surface area contributed by atoms with Crippen molar-refractivity contribution in [3.63, 3.8) is 0 Å². The summed E-state index contributed by atoms with van der Waals surface area (Å²) in [7, 11) is 0. The van der Waals surface area contributed by atoms with Crippen molar-refractivity contribution in [2.45, 2.75) is 18.9 Å². The minimum atomic E-state index is -2.75. The van der Waals surface area contributed by atoms with Crippen molar-refractivity contribution in [1.82, 2.24) is 9.55 Å². The fraction of sp³-hybridized carbons (Fsp3) is 0.500. The number of aromatic nitrogens is 2. The van der Waals surface area contributed by atoms with Crippen molar-refractivity contribution in [3.8, 4) is 0 Å². The molecule has 0 fully saturated rings. The number of aliphatic hydroxyl groups excluding tert-OH is 1. The van der Waals surface area contributed by atoms with Gasteiger partial charge in [0.1, 0.15) is 11.9 Å². The fourth-order valence-corrected chi connectivity index (χ4v) is 2.76. The molecule has 0 aliphatic rings. The van der Waals surface area contributed by atoms with E-state index in [1.54, 1.807) is 12.1 Å². The molecule has 8 heteroatoms. The van der Waals surface area contributed by atoms with Gasteiger partial charge in [-0.2, -0.15) is 0 Å². The van der Waals surface area contributed by atoms with Crippen LogP contribution in [0.5, 0.6) is 0 Å². The van der Waals surface area contributed by atoms with E-state index in [0.29, 0.717) is 30.5 Å². The topological polar surface area (TPSA) is 78.6 Å². The highest BCUT2D eigenvalue weighted by atomic mass is 35.5. The predicted octanol–water partition coefficient (Wildman–Crippen LogP) is 2.76. The molecule has 2 rings (SSSR count). The third-order valence-corrected chi connectivity index (χ3v) is 3.82. The number of imidazole rings is 1. The van der Waals surface area contributed by atoms with E-state index >= 15 is 0 Å². The number of aliphatic carboxylic acids is 1. The number of alkyl halides is 2. The summed E-state index contributed by atoms with van der Waals surface area (Å²) in [6.45, 7) is -1.70. The molecule has 0 saturated heterocycles. The molecule has 1 aromatic carbocycles. The number of carboxylic acids is 1. The number of carbonyl (C=O) groups is 1. The van der Waals surface area contributed by atoms with Crippen LogP contribution in [0, 0.1) is 0 Å². The van der Waals surface area contributed by atoms with E-state index in [0.717, 1.165) is 4.57 Å². The van der Waals surface area contributed by atoms with Gasteiger partial charge in [0.2, 0.25) is 0 Å². The van der Waals surface area contributed by atoms with Gasteiger partial charge < -0.3 is 19.7 Å². The maximum Gasteiger partial charge on any atom is 0.303 e. The van der Waals surface area contributed by atoms with E-state index in [-0.39, 0.29) is 16.9 Å². The average Bonchev–Trinajstić information content (AvgIpc) is 3.00. The second-order valence-electron chi connectivity index (χ2n) is 5.05. The summed E-state index contributed by atoms with van der Waals surface area (Å²) in [5.74, 6) is -1.38. The Balaban J connectivity index is 2.56. The second-order valence-corrected chi connectivity index (χ2v) is 5.80. The minimum Gasteiger partial charge on any atom is -0.481 e. The molecule has 6 nitrogen and oxygen atoms in total. The Bertz CT molecular complexity index is 869. The lowest BCUT2D eigenvalue weighted by molar-refractivity contribution is -0.137. The van der Waals surface area contributed by atoms with Crippen molar-refractivity contribution < 1.29 is 21.9 Å². The van der Waals surface area contributed by atoms with E-state index in [2.05, 4.69) is 4.98 Å². The molecule has 0 bridgehead atoms. The van der Waals surface area contributed by atoms with Crippen LogP contribution in [0.15, 0.2) is 18.2 Å². The van der Waals surface area contributed by atoms with Gasteiger partial charge in [0, 0.05) is 50.7 Å². The molecule has 132 valence electrons. The van der Waals surface area contributed by atoms with Crippen LogP contribution in [-0.2, 0) is 11.8 Å². The SMILES string of the molecule is [2H]C([2H])(CC(O)c1nc2cc(N(CCCl)CCCl)ccc2n1C([2H])([2H])[2H])C(=O)O. The van der Waals surface area contributed by atoms with Gasteiger partial charge in [0.25, 0.3) is 0 Å². The molecule has 1 unspecified atom stereocenters. The number of nitrogens with zero attached hydrogens (tertiary/aromatic N) is 3. The van der Waals surface area contributed by atoms with Crippen LogP contribution in [0.1, 0.15) is 31.6 Å². The summed E-state index contributed by atoms with van der Waals surface area (Å²) in [4.78, 5) is 17.1. The number of rotatable bonds is 9. The molecule has 0 saturated carbocycles. The molecule has 0 aliphatic carbocycles. The molecule has 24 heavy (non-hydrogen) atoms. The summed E-state index contributed by atoms with van der Waals surface area (Å²) in [6, 6.07) is 4.83. The van der Waals surface area contributed by atoms with Gasteiger partial charge in [-0.15, -0.1) is 23.2 Å². The quantitative estimate of drug-likeness (QED) is 0.655. The monoisotopic (exact) mass is 378 g/mol. The number of aliphatic hydroxyl groups is 1. The zero-order valence-corrected chi connectivity index (χ0v) is 14.3. The summed E-state index contributed by atoms with van der Waals surface area (Å²) in [6.07, 6.45) is -5.34. The van der Waals surface area contributed by atoms with Gasteiger partial charge >= 0.3 is 5.97 Å². The zero-order chi connectivity index (χ0) is 22.0. The fourth-order valence-electron chi connectivity index (χ4n) is 2.36. The number of hydrogen-bond acceptors (Lipinski definition) is 4. The van der Waals surface area contributed by atoms with Crippen molar-refractivity contribution in [2.75, 3.05) is 29.7 Å². The van der Waals surface area contributed by atoms with Crippen molar-refractivity contribution in [2.24, 2.45) is 6.98 Å². The van der Waals surface area contributed by atoms with E-state index in [9.17, 15) is 9.90 Å². The number of benzene rings is 1. The third kappa shape index (κ3) is 4.32.